The van der Waals surface area contributed by atoms with Crippen LogP contribution in [0, 0.1) is 0 Å². The van der Waals surface area contributed by atoms with Gasteiger partial charge in [0.05, 0.1) is 0 Å². The van der Waals surface area contributed by atoms with Gasteiger partial charge in [-0.05, 0) is 24.3 Å². The van der Waals surface area contributed by atoms with Crippen molar-refractivity contribution in [2.45, 2.75) is 6.42 Å². The number of carbonyl (C=O) groups excluding carboxylic acids is 1. The third-order valence-electron chi connectivity index (χ3n) is 2.29. The quantitative estimate of drug-likeness (QED) is 0.795. The average molecular weight is 269 g/mol. The van der Waals surface area contributed by atoms with Crippen molar-refractivity contribution in [1.82, 2.24) is 10.6 Å². The Labute approximate surface area is 112 Å². The second kappa shape index (κ2) is 7.61. The maximum atomic E-state index is 11.4. The molecule has 2 N–H and O–H groups in total. The van der Waals surface area contributed by atoms with Gasteiger partial charge in [0.15, 0.2) is 6.61 Å². The zero-order valence-corrected chi connectivity index (χ0v) is 11.1. The first-order chi connectivity index (χ1) is 8.61. The maximum absolute atomic E-state index is 11.4. The Balaban J connectivity index is 2.21. The Morgan fingerprint density at radius 2 is 2.06 bits per heavy atom. The number of amides is 1. The third-order valence-corrected chi connectivity index (χ3v) is 2.54. The van der Waals surface area contributed by atoms with E-state index in [1.807, 2.05) is 0 Å². The number of halogens is 1. The molecule has 0 aliphatic rings. The predicted molar refractivity (Wildman–Crippen MR) is 72.8 cm³/mol. The number of hydrogen-bond acceptors (Lipinski definition) is 3. The molecule has 0 aromatic heterocycles. The highest BCUT2D eigenvalue weighted by molar-refractivity contribution is 6.30. The van der Waals surface area contributed by atoms with Crippen LogP contribution >= 0.6 is 11.6 Å². The molecule has 0 saturated carbocycles. The van der Waals surface area contributed by atoms with E-state index in [-0.39, 0.29) is 12.5 Å². The van der Waals surface area contributed by atoms with Gasteiger partial charge in [-0.15, -0.1) is 0 Å². The normalized spacial score (nSPS) is 9.67. The van der Waals surface area contributed by atoms with Gasteiger partial charge in [0, 0.05) is 30.7 Å². The number of benzene rings is 1. The lowest BCUT2D eigenvalue weighted by atomic mass is 10.3. The number of carbonyl (C=O) groups is 1. The Bertz CT molecular complexity index is 404. The van der Waals surface area contributed by atoms with Crippen LogP contribution in [0.4, 0.5) is 0 Å². The van der Waals surface area contributed by atoms with E-state index >= 15 is 0 Å². The minimum atomic E-state index is -0.158. The maximum Gasteiger partial charge on any atom is 0.257 e. The van der Waals surface area contributed by atoms with Gasteiger partial charge < -0.3 is 15.4 Å². The average Bonchev–Trinajstić information content (AvgIpc) is 2.38. The van der Waals surface area contributed by atoms with Crippen LogP contribution < -0.4 is 15.4 Å². The zero-order chi connectivity index (χ0) is 13.4. The van der Waals surface area contributed by atoms with Crippen molar-refractivity contribution in [3.8, 4) is 5.75 Å². The molecule has 0 atom stereocenters. The van der Waals surface area contributed by atoms with Crippen molar-refractivity contribution < 1.29 is 9.53 Å². The molecule has 0 aliphatic carbocycles. The van der Waals surface area contributed by atoms with Crippen LogP contribution in [0.5, 0.6) is 5.75 Å². The van der Waals surface area contributed by atoms with Gasteiger partial charge >= 0.3 is 0 Å². The minimum absolute atomic E-state index is 0.00629. The van der Waals surface area contributed by atoms with E-state index in [1.54, 1.807) is 31.3 Å². The van der Waals surface area contributed by atoms with Crippen molar-refractivity contribution in [2.75, 3.05) is 20.2 Å². The molecule has 1 aromatic rings. The zero-order valence-electron chi connectivity index (χ0n) is 10.3. The highest BCUT2D eigenvalue weighted by Crippen LogP contribution is 2.15. The van der Waals surface area contributed by atoms with Crippen LogP contribution in [0.1, 0.15) is 6.42 Å². The van der Waals surface area contributed by atoms with Gasteiger partial charge in [-0.2, -0.15) is 0 Å². The second-order valence-corrected chi connectivity index (χ2v) is 4.13. The van der Waals surface area contributed by atoms with Crippen LogP contribution in [-0.2, 0) is 4.79 Å². The highest BCUT2D eigenvalue weighted by atomic mass is 35.5. The molecule has 98 valence electrons. The molecule has 0 saturated heterocycles. The molecule has 5 heteroatoms. The lowest BCUT2D eigenvalue weighted by Crippen LogP contribution is -2.30. The Hall–Kier alpha value is -1.68. The molecule has 0 heterocycles. The molecule has 0 fully saturated rings. The van der Waals surface area contributed by atoms with Crippen molar-refractivity contribution in [1.29, 1.82) is 0 Å². The SMILES string of the molecule is C=C(CCNC(=O)COc1ccc(Cl)cc1)NC. The van der Waals surface area contributed by atoms with E-state index in [2.05, 4.69) is 17.2 Å². The summed E-state index contributed by atoms with van der Waals surface area (Å²) in [7, 11) is 1.80. The van der Waals surface area contributed by atoms with E-state index in [0.717, 1.165) is 5.70 Å². The highest BCUT2D eigenvalue weighted by Gasteiger charge is 2.02. The van der Waals surface area contributed by atoms with E-state index in [9.17, 15) is 4.79 Å². The molecule has 1 amide bonds. The van der Waals surface area contributed by atoms with Gasteiger partial charge in [-0.25, -0.2) is 0 Å². The summed E-state index contributed by atoms with van der Waals surface area (Å²) in [6.07, 6.45) is 0.698. The van der Waals surface area contributed by atoms with E-state index in [0.29, 0.717) is 23.7 Å². The fraction of sp³-hybridized carbons (Fsp3) is 0.308. The standard InChI is InChI=1S/C13H17ClN2O2/c1-10(15-2)7-8-16-13(17)9-18-12-5-3-11(14)4-6-12/h3-6,15H,1,7-9H2,2H3,(H,16,17). The summed E-state index contributed by atoms with van der Waals surface area (Å²) in [4.78, 5) is 11.4. The van der Waals surface area contributed by atoms with E-state index in [4.69, 9.17) is 16.3 Å². The summed E-state index contributed by atoms with van der Waals surface area (Å²) in [6.45, 7) is 4.30. The van der Waals surface area contributed by atoms with Gasteiger partial charge in [0.1, 0.15) is 5.75 Å². The lowest BCUT2D eigenvalue weighted by Gasteiger charge is -2.08. The molecule has 1 rings (SSSR count). The largest absolute Gasteiger partial charge is 0.484 e. The molecule has 0 radical (unpaired) electrons. The fourth-order valence-electron chi connectivity index (χ4n) is 1.21. The Kier molecular flexibility index (Phi) is 6.08. The van der Waals surface area contributed by atoms with Crippen LogP contribution in [0.2, 0.25) is 5.02 Å². The Morgan fingerprint density at radius 3 is 2.67 bits per heavy atom. The lowest BCUT2D eigenvalue weighted by molar-refractivity contribution is -0.123. The Morgan fingerprint density at radius 1 is 1.39 bits per heavy atom. The van der Waals surface area contributed by atoms with Gasteiger partial charge in [0.25, 0.3) is 5.91 Å². The summed E-state index contributed by atoms with van der Waals surface area (Å²) in [6, 6.07) is 6.87. The second-order valence-electron chi connectivity index (χ2n) is 3.70. The van der Waals surface area contributed by atoms with Gasteiger partial charge in [-0.1, -0.05) is 18.2 Å². The molecule has 0 aliphatic heterocycles. The first kappa shape index (κ1) is 14.4. The molecular formula is C13H17ClN2O2. The van der Waals surface area contributed by atoms with Gasteiger partial charge in [0.2, 0.25) is 0 Å². The summed E-state index contributed by atoms with van der Waals surface area (Å²) in [5.74, 6) is 0.461. The fourth-order valence-corrected chi connectivity index (χ4v) is 1.33. The topological polar surface area (TPSA) is 50.4 Å². The number of hydrogen-bond donors (Lipinski definition) is 2. The first-order valence-electron chi connectivity index (χ1n) is 5.62. The molecule has 0 bridgehead atoms. The summed E-state index contributed by atoms with van der Waals surface area (Å²) in [5, 5.41) is 6.29. The predicted octanol–water partition coefficient (Wildman–Crippen LogP) is 1.96. The molecule has 0 unspecified atom stereocenters. The summed E-state index contributed by atoms with van der Waals surface area (Å²) in [5.41, 5.74) is 0.883. The monoisotopic (exact) mass is 268 g/mol. The summed E-state index contributed by atoms with van der Waals surface area (Å²) >= 11 is 5.74. The van der Waals surface area contributed by atoms with Crippen LogP contribution in [0.15, 0.2) is 36.5 Å². The van der Waals surface area contributed by atoms with Crippen LogP contribution in [0.3, 0.4) is 0 Å². The summed E-state index contributed by atoms with van der Waals surface area (Å²) < 4.78 is 5.30. The third kappa shape index (κ3) is 5.59. The molecule has 1 aromatic carbocycles. The van der Waals surface area contributed by atoms with Crippen LogP contribution in [0.25, 0.3) is 0 Å². The van der Waals surface area contributed by atoms with Crippen molar-refractivity contribution >= 4 is 17.5 Å². The number of ether oxygens (including phenoxy) is 1. The van der Waals surface area contributed by atoms with Crippen molar-refractivity contribution in [3.63, 3.8) is 0 Å². The van der Waals surface area contributed by atoms with E-state index < -0.39 is 0 Å². The molecule has 18 heavy (non-hydrogen) atoms. The van der Waals surface area contributed by atoms with E-state index in [1.165, 1.54) is 0 Å². The molecule has 0 spiro atoms. The molecule has 4 nitrogen and oxygen atoms in total. The van der Waals surface area contributed by atoms with Crippen molar-refractivity contribution in [2.24, 2.45) is 0 Å². The number of rotatable bonds is 7. The first-order valence-corrected chi connectivity index (χ1v) is 6.00. The smallest absolute Gasteiger partial charge is 0.257 e. The van der Waals surface area contributed by atoms with Gasteiger partial charge in [-0.3, -0.25) is 4.79 Å². The van der Waals surface area contributed by atoms with Crippen LogP contribution in [-0.4, -0.2) is 26.1 Å². The molecular weight excluding hydrogens is 252 g/mol. The minimum Gasteiger partial charge on any atom is -0.484 e. The number of nitrogens with one attached hydrogen (secondary N) is 2. The van der Waals surface area contributed by atoms with Crippen molar-refractivity contribution in [3.05, 3.63) is 41.6 Å².